The molecule has 0 saturated carbocycles. The second-order valence-electron chi connectivity index (χ2n) is 10.0. The van der Waals surface area contributed by atoms with E-state index in [4.69, 9.17) is 9.57 Å². The molecular weight excluding hydrogens is 532 g/mol. The van der Waals surface area contributed by atoms with Gasteiger partial charge in [-0.15, -0.1) is 0 Å². The molecule has 4 rings (SSSR count). The Hall–Kier alpha value is -3.28. The van der Waals surface area contributed by atoms with Crippen LogP contribution < -0.4 is 5.32 Å². The van der Waals surface area contributed by atoms with Gasteiger partial charge in [-0.2, -0.15) is 0 Å². The van der Waals surface area contributed by atoms with E-state index >= 15 is 0 Å². The van der Waals surface area contributed by atoms with Gasteiger partial charge in [0.1, 0.15) is 5.75 Å². The summed E-state index contributed by atoms with van der Waals surface area (Å²) in [6.07, 6.45) is -0.477. The van der Waals surface area contributed by atoms with E-state index in [1.54, 1.807) is 31.2 Å². The number of aliphatic hydroxyl groups is 1. The summed E-state index contributed by atoms with van der Waals surface area (Å²) < 4.78 is 33.6. The summed E-state index contributed by atoms with van der Waals surface area (Å²) in [5.41, 5.74) is 2.41. The number of hydrogen-bond acceptors (Lipinski definition) is 7. The lowest BCUT2D eigenvalue weighted by Gasteiger charge is -2.32. The molecule has 0 aromatic heterocycles. The molecule has 10 heteroatoms. The number of carbonyl (C=O) groups excluding carboxylic acids is 1. The van der Waals surface area contributed by atoms with Gasteiger partial charge in [0.05, 0.1) is 29.7 Å². The maximum Gasteiger partial charge on any atom is 0.265 e. The molecule has 2 atom stereocenters. The molecule has 1 aliphatic rings. The highest BCUT2D eigenvalue weighted by Gasteiger charge is 2.34. The van der Waals surface area contributed by atoms with Gasteiger partial charge in [-0.25, -0.2) is 8.42 Å². The van der Waals surface area contributed by atoms with Crippen molar-refractivity contribution in [1.29, 1.82) is 0 Å². The van der Waals surface area contributed by atoms with Gasteiger partial charge in [0, 0.05) is 24.3 Å². The minimum absolute atomic E-state index is 0.0203. The van der Waals surface area contributed by atoms with Crippen molar-refractivity contribution in [1.82, 2.24) is 9.79 Å². The molecule has 9 nitrogen and oxygen atoms in total. The van der Waals surface area contributed by atoms with Gasteiger partial charge < -0.3 is 20.3 Å². The van der Waals surface area contributed by atoms with E-state index in [9.17, 15) is 23.4 Å². The molecule has 0 radical (unpaired) electrons. The molecule has 3 aromatic carbocycles. The first-order valence-corrected chi connectivity index (χ1v) is 14.7. The number of phenols is 1. The number of hydroxylamine groups is 1. The van der Waals surface area contributed by atoms with E-state index in [2.05, 4.69) is 5.32 Å². The number of hydrogen-bond donors (Lipinski definition) is 3. The van der Waals surface area contributed by atoms with Crippen molar-refractivity contribution in [2.75, 3.05) is 19.8 Å². The lowest BCUT2D eigenvalue weighted by molar-refractivity contribution is -0.170. The Balaban J connectivity index is 1.62. The first-order chi connectivity index (χ1) is 19.1. The van der Waals surface area contributed by atoms with Gasteiger partial charge >= 0.3 is 0 Å². The number of benzene rings is 3. The van der Waals surface area contributed by atoms with Crippen LogP contribution in [0.5, 0.6) is 5.75 Å². The molecule has 0 aliphatic carbocycles. The topological polar surface area (TPSA) is 125 Å². The minimum Gasteiger partial charge on any atom is -0.508 e. The van der Waals surface area contributed by atoms with Crippen molar-refractivity contribution >= 4 is 15.9 Å². The number of sulfonamides is 1. The molecule has 1 heterocycles. The summed E-state index contributed by atoms with van der Waals surface area (Å²) in [6.45, 7) is 3.97. The van der Waals surface area contributed by atoms with Gasteiger partial charge in [-0.1, -0.05) is 58.6 Å². The fraction of sp³-hybridized carbons (Fsp3) is 0.367. The number of rotatable bonds is 11. The van der Waals surface area contributed by atoms with Crippen LogP contribution in [-0.4, -0.2) is 67.0 Å². The third-order valence-corrected chi connectivity index (χ3v) is 8.63. The summed E-state index contributed by atoms with van der Waals surface area (Å²) in [5, 5.41) is 24.4. The van der Waals surface area contributed by atoms with Crippen LogP contribution in [0.3, 0.4) is 0 Å². The Morgan fingerprint density at radius 3 is 2.38 bits per heavy atom. The van der Waals surface area contributed by atoms with Gasteiger partial charge in [0.2, 0.25) is 0 Å². The van der Waals surface area contributed by atoms with Crippen LogP contribution in [0.4, 0.5) is 0 Å². The second-order valence-corrected chi connectivity index (χ2v) is 11.8. The lowest BCUT2D eigenvalue weighted by Crippen LogP contribution is -2.51. The van der Waals surface area contributed by atoms with Crippen molar-refractivity contribution in [3.63, 3.8) is 0 Å². The third kappa shape index (κ3) is 7.47. The minimum atomic E-state index is -4.15. The van der Waals surface area contributed by atoms with E-state index < -0.39 is 40.7 Å². The molecule has 40 heavy (non-hydrogen) atoms. The van der Waals surface area contributed by atoms with Gasteiger partial charge in [0.15, 0.2) is 0 Å². The predicted molar refractivity (Wildman–Crippen MR) is 150 cm³/mol. The number of carbonyl (C=O) groups is 1. The van der Waals surface area contributed by atoms with E-state index in [1.807, 2.05) is 37.3 Å². The van der Waals surface area contributed by atoms with E-state index in [0.717, 1.165) is 15.6 Å². The van der Waals surface area contributed by atoms with Crippen molar-refractivity contribution in [3.05, 3.63) is 95.1 Å². The van der Waals surface area contributed by atoms with Crippen LogP contribution in [0.15, 0.2) is 77.7 Å². The normalized spacial score (nSPS) is 16.0. The molecule has 214 valence electrons. The lowest BCUT2D eigenvalue weighted by atomic mass is 10.00. The molecule has 1 aliphatic heterocycles. The number of nitrogens with zero attached hydrogens (tertiary/aromatic N) is 1. The summed E-state index contributed by atoms with van der Waals surface area (Å²) in [4.78, 5) is 19.3. The molecule has 3 aromatic rings. The highest BCUT2D eigenvalue weighted by atomic mass is 32.2. The van der Waals surface area contributed by atoms with Crippen molar-refractivity contribution in [3.8, 4) is 5.75 Å². The summed E-state index contributed by atoms with van der Waals surface area (Å²) >= 11 is 0. The summed E-state index contributed by atoms with van der Waals surface area (Å²) in [7, 11) is -4.15. The summed E-state index contributed by atoms with van der Waals surface area (Å²) in [5.74, 6) is -0.514. The number of ether oxygens (including phenoxy) is 1. The maximum absolute atomic E-state index is 13.7. The highest BCUT2D eigenvalue weighted by Crippen LogP contribution is 2.23. The van der Waals surface area contributed by atoms with Crippen LogP contribution >= 0.6 is 0 Å². The number of amides is 1. The average Bonchev–Trinajstić information content (AvgIpc) is 2.95. The zero-order chi connectivity index (χ0) is 28.7. The molecule has 0 spiro atoms. The smallest absolute Gasteiger partial charge is 0.265 e. The zero-order valence-electron chi connectivity index (χ0n) is 22.7. The Morgan fingerprint density at radius 1 is 1.02 bits per heavy atom. The molecular formula is C30H36N2O7S. The zero-order valence-corrected chi connectivity index (χ0v) is 23.5. The standard InChI is InChI=1S/C30H36N2O7S/c1-21-11-13-25(14-12-21)40(36,37)32(39-24-15-17-38-18-16-24)20-29(34)27(19-23-7-4-3-5-8-23)31-30(35)26-9-6-10-28(33)22(26)2/h3-14,24,27,29,33-34H,15-20H2,1-2H3,(H,31,35)/t27-,29+/m0/s1. The van der Waals surface area contributed by atoms with Crippen LogP contribution in [0.25, 0.3) is 0 Å². The fourth-order valence-corrected chi connectivity index (χ4v) is 5.82. The number of phenolic OH excluding ortho intramolecular Hbond substituents is 1. The van der Waals surface area contributed by atoms with E-state index in [-0.39, 0.29) is 22.6 Å². The first-order valence-electron chi connectivity index (χ1n) is 13.3. The molecule has 0 bridgehead atoms. The number of nitrogens with one attached hydrogen (secondary N) is 1. The van der Waals surface area contributed by atoms with E-state index in [0.29, 0.717) is 31.6 Å². The molecule has 1 amide bonds. The van der Waals surface area contributed by atoms with Crippen LogP contribution in [0.2, 0.25) is 0 Å². The van der Waals surface area contributed by atoms with Gasteiger partial charge in [-0.05, 0) is 62.9 Å². The largest absolute Gasteiger partial charge is 0.508 e. The third-order valence-electron chi connectivity index (χ3n) is 6.99. The first kappa shape index (κ1) is 29.7. The number of aryl methyl sites for hydroxylation is 1. The number of aliphatic hydroxyl groups excluding tert-OH is 1. The highest BCUT2D eigenvalue weighted by molar-refractivity contribution is 7.89. The predicted octanol–water partition coefficient (Wildman–Crippen LogP) is 3.51. The van der Waals surface area contributed by atoms with Crippen LogP contribution in [0, 0.1) is 13.8 Å². The van der Waals surface area contributed by atoms with Crippen molar-refractivity contribution in [2.24, 2.45) is 0 Å². The Morgan fingerprint density at radius 2 is 1.70 bits per heavy atom. The Kier molecular flexibility index (Phi) is 9.94. The molecule has 3 N–H and O–H groups in total. The average molecular weight is 569 g/mol. The second kappa shape index (κ2) is 13.4. The van der Waals surface area contributed by atoms with Crippen molar-refractivity contribution in [2.45, 2.75) is 56.3 Å². The van der Waals surface area contributed by atoms with Crippen molar-refractivity contribution < 1.29 is 33.0 Å². The molecule has 1 saturated heterocycles. The van der Waals surface area contributed by atoms with E-state index in [1.165, 1.54) is 18.2 Å². The maximum atomic E-state index is 13.7. The molecule has 1 fully saturated rings. The van der Waals surface area contributed by atoms with Gasteiger partial charge in [0.25, 0.3) is 15.9 Å². The quantitative estimate of drug-likeness (QED) is 0.302. The summed E-state index contributed by atoms with van der Waals surface area (Å²) in [6, 6.07) is 19.5. The SMILES string of the molecule is Cc1ccc(S(=O)(=O)N(C[C@@H](O)[C@H](Cc2ccccc2)NC(=O)c2cccc(O)c2C)OC2CCOCC2)cc1. The Bertz CT molecular complexity index is 1370. The van der Waals surface area contributed by atoms with Crippen LogP contribution in [-0.2, 0) is 26.0 Å². The Labute approximate surface area is 235 Å². The monoisotopic (exact) mass is 568 g/mol. The fourth-order valence-electron chi connectivity index (χ4n) is 4.52. The van der Waals surface area contributed by atoms with Crippen LogP contribution in [0.1, 0.15) is 39.9 Å². The van der Waals surface area contributed by atoms with Gasteiger partial charge in [-0.3, -0.25) is 9.63 Å². The molecule has 0 unspecified atom stereocenters. The number of aromatic hydroxyl groups is 1.